The van der Waals surface area contributed by atoms with Gasteiger partial charge in [0, 0.05) is 32.4 Å². The lowest BCUT2D eigenvalue weighted by atomic mass is 10.2. The van der Waals surface area contributed by atoms with Crippen molar-refractivity contribution >= 4 is 65.1 Å². The van der Waals surface area contributed by atoms with Crippen LogP contribution in [0.5, 0.6) is 0 Å². The maximum absolute atomic E-state index is 12.2. The molecule has 0 fully saturated rings. The van der Waals surface area contributed by atoms with Crippen molar-refractivity contribution in [2.45, 2.75) is 0 Å². The zero-order chi connectivity index (χ0) is 14.7. The number of carbonyl (C=O) groups excluding carboxylic acids is 1. The van der Waals surface area contributed by atoms with E-state index >= 15 is 0 Å². The first kappa shape index (κ1) is 15.5. The molecule has 2 aromatic rings. The van der Waals surface area contributed by atoms with E-state index in [4.69, 9.17) is 0 Å². The molecule has 1 heterocycles. The Morgan fingerprint density at radius 1 is 1.15 bits per heavy atom. The van der Waals surface area contributed by atoms with Gasteiger partial charge in [-0.05, 0) is 56.1 Å². The second-order valence-electron chi connectivity index (χ2n) is 3.88. The lowest BCUT2D eigenvalue weighted by Gasteiger charge is -2.10. The molecule has 0 saturated carbocycles. The second kappa shape index (κ2) is 6.69. The van der Waals surface area contributed by atoms with E-state index in [1.54, 1.807) is 25.4 Å². The molecular weight excluding hydrogens is 454 g/mol. The van der Waals surface area contributed by atoms with Gasteiger partial charge in [0.2, 0.25) is 0 Å². The molecule has 104 valence electrons. The molecule has 2 rings (SSSR count). The third kappa shape index (κ3) is 3.59. The summed E-state index contributed by atoms with van der Waals surface area (Å²) in [6.45, 7) is 0. The lowest BCUT2D eigenvalue weighted by Crippen LogP contribution is -2.14. The summed E-state index contributed by atoms with van der Waals surface area (Å²) < 4.78 is 2.46. The molecule has 0 atom stereocenters. The van der Waals surface area contributed by atoms with Crippen molar-refractivity contribution in [2.75, 3.05) is 17.7 Å². The van der Waals surface area contributed by atoms with Crippen molar-refractivity contribution in [3.8, 4) is 0 Å². The van der Waals surface area contributed by atoms with E-state index in [1.807, 2.05) is 12.1 Å². The van der Waals surface area contributed by atoms with Gasteiger partial charge in [0.05, 0.1) is 5.69 Å². The van der Waals surface area contributed by atoms with Crippen LogP contribution in [0.15, 0.2) is 43.9 Å². The summed E-state index contributed by atoms with van der Waals surface area (Å²) in [5.41, 5.74) is 1.84. The van der Waals surface area contributed by atoms with Gasteiger partial charge < -0.3 is 10.6 Å². The number of pyridine rings is 1. The molecule has 1 aromatic heterocycles. The van der Waals surface area contributed by atoms with Crippen LogP contribution in [0.25, 0.3) is 0 Å². The number of aromatic nitrogens is 1. The molecule has 1 amide bonds. The lowest BCUT2D eigenvalue weighted by molar-refractivity contribution is 0.102. The highest BCUT2D eigenvalue weighted by Gasteiger charge is 2.13. The number of benzene rings is 1. The van der Waals surface area contributed by atoms with Crippen molar-refractivity contribution in [1.82, 2.24) is 4.98 Å². The maximum atomic E-state index is 12.2. The van der Waals surface area contributed by atoms with Crippen molar-refractivity contribution in [3.05, 3.63) is 49.6 Å². The Labute approximate surface area is 141 Å². The van der Waals surface area contributed by atoms with Crippen LogP contribution in [0, 0.1) is 0 Å². The first-order valence-corrected chi connectivity index (χ1v) is 7.99. The van der Waals surface area contributed by atoms with E-state index in [1.165, 1.54) is 0 Å². The van der Waals surface area contributed by atoms with Crippen molar-refractivity contribution in [2.24, 2.45) is 0 Å². The Morgan fingerprint density at radius 2 is 1.80 bits per heavy atom. The van der Waals surface area contributed by atoms with Gasteiger partial charge in [-0.15, -0.1) is 0 Å². The van der Waals surface area contributed by atoms with E-state index in [-0.39, 0.29) is 5.91 Å². The van der Waals surface area contributed by atoms with Gasteiger partial charge in [0.1, 0.15) is 5.69 Å². The zero-order valence-electron chi connectivity index (χ0n) is 10.4. The molecule has 4 nitrogen and oxygen atoms in total. The normalized spacial score (nSPS) is 10.2. The van der Waals surface area contributed by atoms with Crippen LogP contribution < -0.4 is 10.6 Å². The van der Waals surface area contributed by atoms with Gasteiger partial charge in [-0.2, -0.15) is 0 Å². The van der Waals surface area contributed by atoms with Gasteiger partial charge in [-0.3, -0.25) is 9.78 Å². The number of nitrogens with zero attached hydrogens (tertiary/aromatic N) is 1. The van der Waals surface area contributed by atoms with Crippen LogP contribution in [0.2, 0.25) is 0 Å². The molecule has 0 spiro atoms. The third-order valence-electron chi connectivity index (χ3n) is 2.53. The molecule has 7 heteroatoms. The average Bonchev–Trinajstić information content (AvgIpc) is 2.42. The zero-order valence-corrected chi connectivity index (χ0v) is 15.1. The smallest absolute Gasteiger partial charge is 0.274 e. The Balaban J connectivity index is 2.28. The molecule has 0 unspecified atom stereocenters. The predicted octanol–water partition coefficient (Wildman–Crippen LogP) is 4.66. The molecule has 0 aliphatic carbocycles. The SMILES string of the molecule is CNc1ccnc(C(=O)Nc2c(Br)cc(Br)cc2Br)c1. The highest BCUT2D eigenvalue weighted by atomic mass is 79.9. The Kier molecular flexibility index (Phi) is 5.17. The molecule has 0 saturated heterocycles. The molecule has 0 aliphatic heterocycles. The van der Waals surface area contributed by atoms with Crippen LogP contribution in [0.4, 0.5) is 11.4 Å². The Morgan fingerprint density at radius 3 is 2.40 bits per heavy atom. The van der Waals surface area contributed by atoms with E-state index in [0.717, 1.165) is 19.1 Å². The minimum atomic E-state index is -0.272. The number of carbonyl (C=O) groups is 1. The van der Waals surface area contributed by atoms with E-state index < -0.39 is 0 Å². The van der Waals surface area contributed by atoms with Crippen LogP contribution in [-0.4, -0.2) is 17.9 Å². The van der Waals surface area contributed by atoms with Crippen LogP contribution in [0.3, 0.4) is 0 Å². The van der Waals surface area contributed by atoms with Crippen molar-refractivity contribution in [1.29, 1.82) is 0 Å². The summed E-state index contributed by atoms with van der Waals surface area (Å²) in [7, 11) is 1.79. The largest absolute Gasteiger partial charge is 0.388 e. The van der Waals surface area contributed by atoms with Crippen LogP contribution in [0.1, 0.15) is 10.5 Å². The van der Waals surface area contributed by atoms with Gasteiger partial charge in [-0.1, -0.05) is 15.9 Å². The van der Waals surface area contributed by atoms with E-state index in [9.17, 15) is 4.79 Å². The molecule has 20 heavy (non-hydrogen) atoms. The standard InChI is InChI=1S/C13H10Br3N3O/c1-17-8-2-3-18-11(6-8)13(20)19-12-9(15)4-7(14)5-10(12)16/h2-6H,1H3,(H,17,18)(H,19,20). The molecular formula is C13H10Br3N3O. The Bertz CT molecular complexity index is 638. The van der Waals surface area contributed by atoms with Crippen LogP contribution >= 0.6 is 47.8 Å². The minimum absolute atomic E-state index is 0.272. The van der Waals surface area contributed by atoms with E-state index in [2.05, 4.69) is 63.4 Å². The number of anilines is 2. The molecule has 0 aliphatic rings. The minimum Gasteiger partial charge on any atom is -0.388 e. The van der Waals surface area contributed by atoms with Crippen LogP contribution in [-0.2, 0) is 0 Å². The monoisotopic (exact) mass is 461 g/mol. The highest BCUT2D eigenvalue weighted by Crippen LogP contribution is 2.34. The van der Waals surface area contributed by atoms with Crippen molar-refractivity contribution in [3.63, 3.8) is 0 Å². The molecule has 2 N–H and O–H groups in total. The summed E-state index contributed by atoms with van der Waals surface area (Å²) in [6.07, 6.45) is 1.59. The molecule has 0 bridgehead atoms. The summed E-state index contributed by atoms with van der Waals surface area (Å²) >= 11 is 10.2. The first-order valence-electron chi connectivity index (χ1n) is 5.61. The van der Waals surface area contributed by atoms with Gasteiger partial charge >= 0.3 is 0 Å². The molecule has 1 aromatic carbocycles. The quantitative estimate of drug-likeness (QED) is 0.696. The topological polar surface area (TPSA) is 54.0 Å². The summed E-state index contributed by atoms with van der Waals surface area (Å²) in [5, 5.41) is 5.80. The fourth-order valence-corrected chi connectivity index (χ4v) is 4.01. The highest BCUT2D eigenvalue weighted by molar-refractivity contribution is 9.11. The second-order valence-corrected chi connectivity index (χ2v) is 6.50. The van der Waals surface area contributed by atoms with Crippen molar-refractivity contribution < 1.29 is 4.79 Å². The number of nitrogens with one attached hydrogen (secondary N) is 2. The summed E-state index contributed by atoms with van der Waals surface area (Å²) in [5.74, 6) is -0.272. The fourth-order valence-electron chi connectivity index (χ4n) is 1.55. The third-order valence-corrected chi connectivity index (χ3v) is 4.24. The fraction of sp³-hybridized carbons (Fsp3) is 0.0769. The van der Waals surface area contributed by atoms with Gasteiger partial charge in [-0.25, -0.2) is 0 Å². The van der Waals surface area contributed by atoms with Gasteiger partial charge in [0.25, 0.3) is 5.91 Å². The first-order chi connectivity index (χ1) is 9.51. The number of rotatable bonds is 3. The molecule has 0 radical (unpaired) electrons. The number of hydrogen-bond acceptors (Lipinski definition) is 3. The summed E-state index contributed by atoms with van der Waals surface area (Å²) in [6, 6.07) is 7.20. The number of hydrogen-bond donors (Lipinski definition) is 2. The average molecular weight is 464 g/mol. The maximum Gasteiger partial charge on any atom is 0.274 e. The van der Waals surface area contributed by atoms with E-state index in [0.29, 0.717) is 11.4 Å². The van der Waals surface area contributed by atoms with Gasteiger partial charge in [0.15, 0.2) is 0 Å². The summed E-state index contributed by atoms with van der Waals surface area (Å²) in [4.78, 5) is 16.3. The number of amides is 1. The predicted molar refractivity (Wildman–Crippen MR) is 91.3 cm³/mol. The Hall–Kier alpha value is -0.920. The number of halogens is 3.